The van der Waals surface area contributed by atoms with Crippen molar-refractivity contribution in [3.05, 3.63) is 65.6 Å². The molecule has 120 valence electrons. The maximum absolute atomic E-state index is 13.8. The summed E-state index contributed by atoms with van der Waals surface area (Å²) in [5, 5.41) is 0. The maximum atomic E-state index is 13.8. The van der Waals surface area contributed by atoms with Crippen LogP contribution in [-0.2, 0) is 0 Å². The fraction of sp³-hybridized carbons (Fsp3) is 0.316. The van der Waals surface area contributed by atoms with E-state index in [9.17, 15) is 4.39 Å². The Balaban J connectivity index is 1.55. The highest BCUT2D eigenvalue weighted by atomic mass is 19.1. The molecule has 0 N–H and O–H groups in total. The van der Waals surface area contributed by atoms with Crippen molar-refractivity contribution < 1.29 is 4.39 Å². The first kappa shape index (κ1) is 15.7. The molecule has 0 saturated carbocycles. The Morgan fingerprint density at radius 1 is 1.09 bits per heavy atom. The Morgan fingerprint density at radius 2 is 1.83 bits per heavy atom. The molecule has 1 aliphatic heterocycles. The molecule has 0 atom stereocenters. The van der Waals surface area contributed by atoms with Gasteiger partial charge in [-0.05, 0) is 24.6 Å². The smallest absolute Gasteiger partial charge is 0.165 e. The number of hydrogen-bond acceptors (Lipinski definition) is 3. The molecule has 0 radical (unpaired) electrons. The lowest BCUT2D eigenvalue weighted by molar-refractivity contribution is 0.277. The van der Waals surface area contributed by atoms with Gasteiger partial charge in [-0.15, -0.1) is 0 Å². The standard InChI is InChI=1S/C19H22FN3/c1-16(14-17-6-3-2-4-7-17)15-22-10-12-23(13-11-22)19-18(20)8-5-9-21-19/h2-9,14H,10-13,15H2,1H3/b16-14+. The molecule has 0 bridgehead atoms. The minimum Gasteiger partial charge on any atom is -0.352 e. The molecular formula is C19H22FN3. The molecule has 0 unspecified atom stereocenters. The molecule has 23 heavy (non-hydrogen) atoms. The van der Waals surface area contributed by atoms with E-state index in [0.717, 1.165) is 32.7 Å². The normalized spacial score (nSPS) is 16.6. The monoisotopic (exact) mass is 311 g/mol. The summed E-state index contributed by atoms with van der Waals surface area (Å²) in [6.07, 6.45) is 3.88. The number of halogens is 1. The number of rotatable bonds is 4. The SMILES string of the molecule is C/C(=C\c1ccccc1)CN1CCN(c2ncccc2F)CC1. The first-order valence-corrected chi connectivity index (χ1v) is 8.02. The molecule has 0 aliphatic carbocycles. The molecular weight excluding hydrogens is 289 g/mol. The zero-order valence-electron chi connectivity index (χ0n) is 13.5. The van der Waals surface area contributed by atoms with E-state index < -0.39 is 0 Å². The van der Waals surface area contributed by atoms with Crippen LogP contribution in [0.1, 0.15) is 12.5 Å². The van der Waals surface area contributed by atoms with Gasteiger partial charge in [-0.2, -0.15) is 0 Å². The van der Waals surface area contributed by atoms with Crippen LogP contribution in [0.25, 0.3) is 6.08 Å². The quantitative estimate of drug-likeness (QED) is 0.862. The summed E-state index contributed by atoms with van der Waals surface area (Å²) in [7, 11) is 0. The third kappa shape index (κ3) is 4.17. The predicted molar refractivity (Wildman–Crippen MR) is 92.9 cm³/mol. The van der Waals surface area contributed by atoms with Gasteiger partial charge >= 0.3 is 0 Å². The summed E-state index contributed by atoms with van der Waals surface area (Å²) in [6, 6.07) is 13.5. The van der Waals surface area contributed by atoms with Gasteiger partial charge in [-0.1, -0.05) is 42.0 Å². The van der Waals surface area contributed by atoms with Gasteiger partial charge in [0.1, 0.15) is 0 Å². The molecule has 0 amide bonds. The molecule has 1 saturated heterocycles. The van der Waals surface area contributed by atoms with Crippen LogP contribution in [-0.4, -0.2) is 42.6 Å². The van der Waals surface area contributed by atoms with Crippen LogP contribution >= 0.6 is 0 Å². The van der Waals surface area contributed by atoms with Crippen LogP contribution in [0.15, 0.2) is 54.2 Å². The minimum absolute atomic E-state index is 0.235. The molecule has 4 heteroatoms. The van der Waals surface area contributed by atoms with Gasteiger partial charge in [0.25, 0.3) is 0 Å². The van der Waals surface area contributed by atoms with Gasteiger partial charge in [0.05, 0.1) is 0 Å². The molecule has 3 nitrogen and oxygen atoms in total. The van der Waals surface area contributed by atoms with Crippen LogP contribution in [0, 0.1) is 5.82 Å². The van der Waals surface area contributed by atoms with Crippen LogP contribution in [0.4, 0.5) is 10.2 Å². The van der Waals surface area contributed by atoms with Crippen molar-refractivity contribution in [2.75, 3.05) is 37.6 Å². The van der Waals surface area contributed by atoms with Gasteiger partial charge in [-0.25, -0.2) is 9.37 Å². The number of aromatic nitrogens is 1. The Labute approximate surface area is 137 Å². The summed E-state index contributed by atoms with van der Waals surface area (Å²) in [5.41, 5.74) is 2.58. The largest absolute Gasteiger partial charge is 0.352 e. The molecule has 0 spiro atoms. The fourth-order valence-electron chi connectivity index (χ4n) is 2.96. The van der Waals surface area contributed by atoms with Crippen LogP contribution in [0.2, 0.25) is 0 Å². The third-order valence-electron chi connectivity index (χ3n) is 4.10. The zero-order valence-corrected chi connectivity index (χ0v) is 13.5. The van der Waals surface area contributed by atoms with Crippen molar-refractivity contribution in [3.63, 3.8) is 0 Å². The van der Waals surface area contributed by atoms with Crippen molar-refractivity contribution in [1.29, 1.82) is 0 Å². The lowest BCUT2D eigenvalue weighted by Crippen LogP contribution is -2.47. The summed E-state index contributed by atoms with van der Waals surface area (Å²) in [6.45, 7) is 6.59. The fourth-order valence-corrected chi connectivity index (χ4v) is 2.96. The number of pyridine rings is 1. The highest BCUT2D eigenvalue weighted by Gasteiger charge is 2.20. The lowest BCUT2D eigenvalue weighted by Gasteiger charge is -2.35. The zero-order chi connectivity index (χ0) is 16.1. The average molecular weight is 311 g/mol. The van der Waals surface area contributed by atoms with E-state index in [-0.39, 0.29) is 5.82 Å². The van der Waals surface area contributed by atoms with E-state index in [1.807, 2.05) is 11.0 Å². The van der Waals surface area contributed by atoms with Crippen LogP contribution in [0.5, 0.6) is 0 Å². The third-order valence-corrected chi connectivity index (χ3v) is 4.10. The van der Waals surface area contributed by atoms with Gasteiger partial charge < -0.3 is 4.90 Å². The van der Waals surface area contributed by atoms with Crippen molar-refractivity contribution in [2.24, 2.45) is 0 Å². The lowest BCUT2D eigenvalue weighted by atomic mass is 10.1. The second-order valence-corrected chi connectivity index (χ2v) is 5.97. The first-order valence-electron chi connectivity index (χ1n) is 8.02. The summed E-state index contributed by atoms with van der Waals surface area (Å²) < 4.78 is 13.8. The Hall–Kier alpha value is -2.20. The summed E-state index contributed by atoms with van der Waals surface area (Å²) in [5.74, 6) is 0.241. The van der Waals surface area contributed by atoms with Crippen molar-refractivity contribution in [3.8, 4) is 0 Å². The second-order valence-electron chi connectivity index (χ2n) is 5.97. The van der Waals surface area contributed by atoms with E-state index in [0.29, 0.717) is 5.82 Å². The van der Waals surface area contributed by atoms with E-state index in [2.05, 4.69) is 47.1 Å². The number of piperazine rings is 1. The van der Waals surface area contributed by atoms with Crippen molar-refractivity contribution in [2.45, 2.75) is 6.92 Å². The van der Waals surface area contributed by atoms with E-state index in [4.69, 9.17) is 0 Å². The van der Waals surface area contributed by atoms with Gasteiger partial charge in [0.2, 0.25) is 0 Å². The molecule has 1 aliphatic rings. The number of hydrogen-bond donors (Lipinski definition) is 0. The minimum atomic E-state index is -0.235. The summed E-state index contributed by atoms with van der Waals surface area (Å²) >= 11 is 0. The van der Waals surface area contributed by atoms with Crippen molar-refractivity contribution >= 4 is 11.9 Å². The molecule has 1 fully saturated rings. The Kier molecular flexibility index (Phi) is 5.03. The van der Waals surface area contributed by atoms with Crippen LogP contribution in [0.3, 0.4) is 0 Å². The van der Waals surface area contributed by atoms with Crippen molar-refractivity contribution in [1.82, 2.24) is 9.88 Å². The van der Waals surface area contributed by atoms with E-state index in [1.165, 1.54) is 17.2 Å². The molecule has 3 rings (SSSR count). The highest BCUT2D eigenvalue weighted by molar-refractivity contribution is 5.52. The molecule has 2 aromatic rings. The van der Waals surface area contributed by atoms with Gasteiger partial charge in [-0.3, -0.25) is 4.90 Å². The first-order chi connectivity index (χ1) is 11.2. The molecule has 2 heterocycles. The van der Waals surface area contributed by atoms with Crippen LogP contribution < -0.4 is 4.90 Å². The number of nitrogens with zero attached hydrogens (tertiary/aromatic N) is 3. The van der Waals surface area contributed by atoms with Gasteiger partial charge in [0, 0.05) is 38.9 Å². The average Bonchev–Trinajstić information content (AvgIpc) is 2.57. The Morgan fingerprint density at radius 3 is 2.52 bits per heavy atom. The van der Waals surface area contributed by atoms with E-state index >= 15 is 0 Å². The number of anilines is 1. The molecule has 1 aromatic heterocycles. The second kappa shape index (κ2) is 7.38. The topological polar surface area (TPSA) is 19.4 Å². The maximum Gasteiger partial charge on any atom is 0.165 e. The highest BCUT2D eigenvalue weighted by Crippen LogP contribution is 2.17. The van der Waals surface area contributed by atoms with E-state index in [1.54, 1.807) is 12.3 Å². The predicted octanol–water partition coefficient (Wildman–Crippen LogP) is 3.45. The summed E-state index contributed by atoms with van der Waals surface area (Å²) in [4.78, 5) is 8.60. The van der Waals surface area contributed by atoms with Gasteiger partial charge in [0.15, 0.2) is 11.6 Å². The molecule has 1 aromatic carbocycles. The number of benzene rings is 1. The Bertz CT molecular complexity index is 661.